The van der Waals surface area contributed by atoms with Gasteiger partial charge < -0.3 is 4.57 Å². The maximum atomic E-state index is 12.4. The van der Waals surface area contributed by atoms with Gasteiger partial charge in [0.1, 0.15) is 0 Å². The van der Waals surface area contributed by atoms with E-state index in [-0.39, 0.29) is 12.3 Å². The van der Waals surface area contributed by atoms with Crippen LogP contribution in [0.5, 0.6) is 0 Å². The molecule has 3 rings (SSSR count). The number of carbonyl (C=O) groups excluding carboxylic acids is 1. The summed E-state index contributed by atoms with van der Waals surface area (Å²) in [6.45, 7) is 0.182. The minimum atomic E-state index is 0.00199. The zero-order valence-corrected chi connectivity index (χ0v) is 12.7. The van der Waals surface area contributed by atoms with Crippen molar-refractivity contribution in [2.24, 2.45) is 5.84 Å². The van der Waals surface area contributed by atoms with Gasteiger partial charge in [0, 0.05) is 10.0 Å². The first-order valence-corrected chi connectivity index (χ1v) is 7.19. The van der Waals surface area contributed by atoms with Crippen molar-refractivity contribution in [1.82, 2.24) is 9.55 Å². The molecule has 0 radical (unpaired) electrons. The maximum Gasteiger partial charge on any atom is 0.218 e. The highest BCUT2D eigenvalue weighted by molar-refractivity contribution is 9.10. The lowest BCUT2D eigenvalue weighted by atomic mass is 10.1. The Hall–Kier alpha value is -2.18. The number of fused-ring (bicyclic) bond motifs is 1. The van der Waals surface area contributed by atoms with Gasteiger partial charge in [0.05, 0.1) is 17.6 Å². The van der Waals surface area contributed by atoms with E-state index in [9.17, 15) is 4.79 Å². The lowest BCUT2D eigenvalue weighted by Gasteiger charge is -2.08. The second-order valence-corrected chi connectivity index (χ2v) is 5.50. The molecule has 6 heteroatoms. The summed E-state index contributed by atoms with van der Waals surface area (Å²) in [6.07, 6.45) is 0. The number of nitrogens with zero attached hydrogens (tertiary/aromatic N) is 2. The summed E-state index contributed by atoms with van der Waals surface area (Å²) < 4.78 is 2.72. The molecule has 0 fully saturated rings. The van der Waals surface area contributed by atoms with Gasteiger partial charge in [-0.15, -0.1) is 0 Å². The number of imidazole rings is 1. The maximum absolute atomic E-state index is 12.4. The zero-order valence-electron chi connectivity index (χ0n) is 11.1. The quantitative estimate of drug-likeness (QED) is 0.433. The molecular weight excluding hydrogens is 332 g/mol. The van der Waals surface area contributed by atoms with Crippen LogP contribution in [0.1, 0.15) is 10.4 Å². The number of hydrazine groups is 1. The molecule has 1 heterocycles. The van der Waals surface area contributed by atoms with Gasteiger partial charge in [0.2, 0.25) is 5.95 Å². The minimum Gasteiger partial charge on any atom is -0.301 e. The Labute approximate surface area is 129 Å². The van der Waals surface area contributed by atoms with Gasteiger partial charge in [-0.25, -0.2) is 10.8 Å². The first-order valence-electron chi connectivity index (χ1n) is 6.39. The van der Waals surface area contributed by atoms with Crippen LogP contribution in [0.3, 0.4) is 0 Å². The fraction of sp³-hybridized carbons (Fsp3) is 0.0667. The summed E-state index contributed by atoms with van der Waals surface area (Å²) in [5.74, 6) is 5.97. The number of halogens is 1. The molecule has 1 aromatic heterocycles. The number of para-hydroxylation sites is 2. The van der Waals surface area contributed by atoms with Gasteiger partial charge in [-0.3, -0.25) is 10.2 Å². The van der Waals surface area contributed by atoms with Crippen molar-refractivity contribution in [3.63, 3.8) is 0 Å². The first-order chi connectivity index (χ1) is 10.2. The van der Waals surface area contributed by atoms with Crippen molar-refractivity contribution in [2.45, 2.75) is 6.54 Å². The number of carbonyl (C=O) groups is 1. The molecule has 0 atom stereocenters. The molecule has 0 bridgehead atoms. The van der Waals surface area contributed by atoms with Crippen LogP contribution in [0.15, 0.2) is 53.0 Å². The van der Waals surface area contributed by atoms with E-state index < -0.39 is 0 Å². The summed E-state index contributed by atoms with van der Waals surface area (Å²) in [4.78, 5) is 16.8. The molecule has 3 N–H and O–H groups in total. The highest BCUT2D eigenvalue weighted by atomic mass is 79.9. The van der Waals surface area contributed by atoms with E-state index in [0.717, 1.165) is 15.5 Å². The molecule has 5 nitrogen and oxygen atoms in total. The molecule has 106 valence electrons. The number of aromatic nitrogens is 2. The Morgan fingerprint density at radius 1 is 1.19 bits per heavy atom. The first kappa shape index (κ1) is 13.8. The van der Waals surface area contributed by atoms with E-state index in [2.05, 4.69) is 26.3 Å². The molecule has 3 aromatic rings. The molecule has 2 aromatic carbocycles. The summed E-state index contributed by atoms with van der Waals surface area (Å²) in [7, 11) is 0. The predicted molar refractivity (Wildman–Crippen MR) is 86.0 cm³/mol. The van der Waals surface area contributed by atoms with Crippen LogP contribution in [0.25, 0.3) is 11.0 Å². The third-order valence-electron chi connectivity index (χ3n) is 3.25. The third-order valence-corrected chi connectivity index (χ3v) is 3.78. The Morgan fingerprint density at radius 3 is 2.62 bits per heavy atom. The number of nitrogens with two attached hydrogens (primary N) is 1. The third kappa shape index (κ3) is 2.68. The van der Waals surface area contributed by atoms with Crippen molar-refractivity contribution < 1.29 is 4.79 Å². The number of hydrogen-bond donors (Lipinski definition) is 2. The van der Waals surface area contributed by atoms with E-state index in [1.165, 1.54) is 0 Å². The van der Waals surface area contributed by atoms with Crippen molar-refractivity contribution in [2.75, 3.05) is 5.43 Å². The minimum absolute atomic E-state index is 0.00199. The second kappa shape index (κ2) is 5.67. The van der Waals surface area contributed by atoms with Gasteiger partial charge >= 0.3 is 0 Å². The van der Waals surface area contributed by atoms with Crippen molar-refractivity contribution in [3.05, 3.63) is 58.6 Å². The van der Waals surface area contributed by atoms with Crippen LogP contribution in [0.2, 0.25) is 0 Å². The summed E-state index contributed by atoms with van der Waals surface area (Å²) in [5, 5.41) is 0. The number of hydrogen-bond acceptors (Lipinski definition) is 4. The molecule has 0 saturated heterocycles. The van der Waals surface area contributed by atoms with Crippen molar-refractivity contribution in [3.8, 4) is 0 Å². The number of anilines is 1. The molecule has 0 saturated carbocycles. The smallest absolute Gasteiger partial charge is 0.218 e. The molecule has 0 aliphatic rings. The van der Waals surface area contributed by atoms with Crippen molar-refractivity contribution in [1.29, 1.82) is 0 Å². The summed E-state index contributed by atoms with van der Waals surface area (Å²) >= 11 is 3.36. The number of ketones is 1. The van der Waals surface area contributed by atoms with Crippen molar-refractivity contribution >= 4 is 38.7 Å². The topological polar surface area (TPSA) is 72.9 Å². The second-order valence-electron chi connectivity index (χ2n) is 4.58. The van der Waals surface area contributed by atoms with Crippen LogP contribution in [-0.4, -0.2) is 15.3 Å². The molecule has 0 amide bonds. The molecule has 21 heavy (non-hydrogen) atoms. The van der Waals surface area contributed by atoms with E-state index in [4.69, 9.17) is 5.84 Å². The number of Topliss-reactive ketones (excluding diaryl/α,β-unsaturated/α-hetero) is 1. The van der Waals surface area contributed by atoms with Gasteiger partial charge in [-0.05, 0) is 24.3 Å². The number of nitrogen functional groups attached to an aromatic ring is 1. The molecule has 0 aliphatic heterocycles. The van der Waals surface area contributed by atoms with Crippen LogP contribution < -0.4 is 11.3 Å². The Kier molecular flexibility index (Phi) is 3.72. The predicted octanol–water partition coefficient (Wildman–Crippen LogP) is 2.97. The number of benzene rings is 2. The molecule has 0 aliphatic carbocycles. The SMILES string of the molecule is NNc1nc2ccccc2n1CC(=O)c1ccc(Br)cc1. The average Bonchev–Trinajstić information content (AvgIpc) is 2.86. The molecule has 0 spiro atoms. The fourth-order valence-corrected chi connectivity index (χ4v) is 2.48. The van der Waals surface area contributed by atoms with Gasteiger partial charge in [0.25, 0.3) is 0 Å². The van der Waals surface area contributed by atoms with E-state index in [0.29, 0.717) is 11.5 Å². The molecular formula is C15H13BrN4O. The Balaban J connectivity index is 1.97. The highest BCUT2D eigenvalue weighted by Crippen LogP contribution is 2.20. The summed E-state index contributed by atoms with van der Waals surface area (Å²) in [5.41, 5.74) is 4.87. The van der Waals surface area contributed by atoms with Crippen LogP contribution >= 0.6 is 15.9 Å². The molecule has 0 unspecified atom stereocenters. The van der Waals surface area contributed by atoms with Gasteiger partial charge in [-0.1, -0.05) is 40.2 Å². The van der Waals surface area contributed by atoms with Crippen LogP contribution in [0, 0.1) is 0 Å². The fourth-order valence-electron chi connectivity index (χ4n) is 2.22. The average molecular weight is 345 g/mol. The Bertz CT molecular complexity index is 795. The normalized spacial score (nSPS) is 10.8. The number of nitrogens with one attached hydrogen (secondary N) is 1. The van der Waals surface area contributed by atoms with Gasteiger partial charge in [-0.2, -0.15) is 0 Å². The standard InChI is InChI=1S/C15H13BrN4O/c16-11-7-5-10(6-8-11)14(21)9-20-13-4-2-1-3-12(13)18-15(20)19-17/h1-8H,9,17H2,(H,18,19). The largest absolute Gasteiger partial charge is 0.301 e. The Morgan fingerprint density at radius 2 is 1.90 bits per heavy atom. The summed E-state index contributed by atoms with van der Waals surface area (Å²) in [6, 6.07) is 14.9. The number of rotatable bonds is 4. The van der Waals surface area contributed by atoms with E-state index >= 15 is 0 Å². The lowest BCUT2D eigenvalue weighted by Crippen LogP contribution is -2.17. The highest BCUT2D eigenvalue weighted by Gasteiger charge is 2.14. The van der Waals surface area contributed by atoms with E-state index in [1.54, 1.807) is 16.7 Å². The lowest BCUT2D eigenvalue weighted by molar-refractivity contribution is 0.0974. The van der Waals surface area contributed by atoms with Crippen LogP contribution in [-0.2, 0) is 6.54 Å². The van der Waals surface area contributed by atoms with Gasteiger partial charge in [0.15, 0.2) is 5.78 Å². The zero-order chi connectivity index (χ0) is 14.8. The van der Waals surface area contributed by atoms with E-state index in [1.807, 2.05) is 36.4 Å². The monoisotopic (exact) mass is 344 g/mol. The van der Waals surface area contributed by atoms with Crippen LogP contribution in [0.4, 0.5) is 5.95 Å².